The van der Waals surface area contributed by atoms with Crippen LogP contribution in [0.5, 0.6) is 0 Å². The summed E-state index contributed by atoms with van der Waals surface area (Å²) in [5, 5.41) is 12.5. The Balaban J connectivity index is 1.50. The van der Waals surface area contributed by atoms with E-state index < -0.39 is 0 Å². The molecule has 6 nitrogen and oxygen atoms in total. The highest BCUT2D eigenvalue weighted by Gasteiger charge is 2.17. The molecule has 1 N–H and O–H groups in total. The minimum Gasteiger partial charge on any atom is -0.451 e. The maximum Gasteiger partial charge on any atom is 0.291 e. The number of para-hydroxylation sites is 1. The quantitative estimate of drug-likeness (QED) is 0.585. The van der Waals surface area contributed by atoms with Gasteiger partial charge < -0.3 is 14.3 Å². The van der Waals surface area contributed by atoms with Crippen LogP contribution in [0, 0.1) is 6.92 Å². The number of hydrogen-bond donors (Lipinski definition) is 1. The second kappa shape index (κ2) is 6.68. The molecule has 0 unspecified atom stereocenters. The number of fused-ring (bicyclic) bond motifs is 1. The Hall–Kier alpha value is -3.06. The van der Waals surface area contributed by atoms with Crippen molar-refractivity contribution in [2.24, 2.45) is 7.05 Å². The Morgan fingerprint density at radius 1 is 1.15 bits per heavy atom. The lowest BCUT2D eigenvalue weighted by Gasteiger charge is -2.05. The first kappa shape index (κ1) is 16.4. The highest BCUT2D eigenvalue weighted by molar-refractivity contribution is 7.99. The molecule has 0 spiro atoms. The molecule has 0 radical (unpaired) electrons. The lowest BCUT2D eigenvalue weighted by Crippen LogP contribution is -2.11. The Labute approximate surface area is 154 Å². The molecule has 7 heteroatoms. The van der Waals surface area contributed by atoms with Gasteiger partial charge in [-0.05, 0) is 49.0 Å². The molecule has 1 amide bonds. The van der Waals surface area contributed by atoms with Gasteiger partial charge in [-0.25, -0.2) is 0 Å². The van der Waals surface area contributed by atoms with E-state index in [1.165, 1.54) is 11.8 Å². The van der Waals surface area contributed by atoms with Gasteiger partial charge in [0.1, 0.15) is 11.9 Å². The van der Waals surface area contributed by atoms with Gasteiger partial charge in [-0.1, -0.05) is 18.2 Å². The van der Waals surface area contributed by atoms with Gasteiger partial charge in [0, 0.05) is 28.6 Å². The molecule has 0 bridgehead atoms. The van der Waals surface area contributed by atoms with Gasteiger partial charge in [0.2, 0.25) is 0 Å². The normalized spacial score (nSPS) is 11.0. The molecular weight excluding hydrogens is 348 g/mol. The van der Waals surface area contributed by atoms with Crippen LogP contribution in [-0.4, -0.2) is 20.7 Å². The first-order chi connectivity index (χ1) is 12.6. The summed E-state index contributed by atoms with van der Waals surface area (Å²) in [6.07, 6.45) is 1.66. The summed E-state index contributed by atoms with van der Waals surface area (Å²) in [6, 6.07) is 15.2. The Morgan fingerprint density at radius 3 is 2.62 bits per heavy atom. The number of carbonyl (C=O) groups excluding carboxylic acids is 1. The number of nitrogens with one attached hydrogen (secondary N) is 1. The summed E-state index contributed by atoms with van der Waals surface area (Å²) < 4.78 is 7.56. The summed E-state index contributed by atoms with van der Waals surface area (Å²) >= 11 is 1.51. The molecule has 4 aromatic rings. The minimum atomic E-state index is -0.257. The maximum absolute atomic E-state index is 12.6. The molecule has 0 aliphatic heterocycles. The zero-order valence-corrected chi connectivity index (χ0v) is 15.1. The minimum absolute atomic E-state index is 0.257. The second-order valence-corrected chi connectivity index (χ2v) is 6.90. The number of hydrogen-bond acceptors (Lipinski definition) is 5. The molecule has 0 saturated heterocycles. The second-order valence-electron chi connectivity index (χ2n) is 5.86. The van der Waals surface area contributed by atoms with Crippen molar-refractivity contribution in [2.75, 3.05) is 5.32 Å². The van der Waals surface area contributed by atoms with Crippen LogP contribution in [0.1, 0.15) is 16.1 Å². The van der Waals surface area contributed by atoms with Crippen LogP contribution in [0.25, 0.3) is 11.0 Å². The van der Waals surface area contributed by atoms with Gasteiger partial charge >= 0.3 is 0 Å². The maximum atomic E-state index is 12.6. The number of nitrogens with zero attached hydrogens (tertiary/aromatic N) is 3. The van der Waals surface area contributed by atoms with Gasteiger partial charge in [-0.2, -0.15) is 0 Å². The smallest absolute Gasteiger partial charge is 0.291 e. The van der Waals surface area contributed by atoms with Crippen molar-refractivity contribution in [1.29, 1.82) is 0 Å². The van der Waals surface area contributed by atoms with Crippen molar-refractivity contribution < 1.29 is 9.21 Å². The number of amides is 1. The highest BCUT2D eigenvalue weighted by Crippen LogP contribution is 2.28. The first-order valence-electron chi connectivity index (χ1n) is 8.03. The predicted octanol–water partition coefficient (Wildman–Crippen LogP) is 4.27. The number of rotatable bonds is 4. The summed E-state index contributed by atoms with van der Waals surface area (Å²) in [5.74, 6) is 0.0798. The highest BCUT2D eigenvalue weighted by atomic mass is 32.2. The number of furan rings is 1. The van der Waals surface area contributed by atoms with E-state index in [0.717, 1.165) is 21.0 Å². The average Bonchev–Trinajstić information content (AvgIpc) is 3.20. The molecule has 0 aliphatic carbocycles. The summed E-state index contributed by atoms with van der Waals surface area (Å²) in [5.41, 5.74) is 2.26. The number of carbonyl (C=O) groups is 1. The molecule has 2 aromatic carbocycles. The van der Waals surface area contributed by atoms with E-state index in [1.54, 1.807) is 6.33 Å². The molecular formula is C19H16N4O2S. The molecule has 2 aromatic heterocycles. The van der Waals surface area contributed by atoms with E-state index in [-0.39, 0.29) is 5.91 Å². The van der Waals surface area contributed by atoms with Gasteiger partial charge in [-0.15, -0.1) is 10.2 Å². The van der Waals surface area contributed by atoms with Crippen molar-refractivity contribution in [3.8, 4) is 0 Å². The van der Waals surface area contributed by atoms with Crippen LogP contribution in [0.3, 0.4) is 0 Å². The van der Waals surface area contributed by atoms with Crippen LogP contribution in [-0.2, 0) is 7.05 Å². The average molecular weight is 364 g/mol. The molecule has 0 saturated carbocycles. The molecule has 0 atom stereocenters. The van der Waals surface area contributed by atoms with Gasteiger partial charge in [0.05, 0.1) is 0 Å². The van der Waals surface area contributed by atoms with Gasteiger partial charge in [0.25, 0.3) is 5.91 Å². The van der Waals surface area contributed by atoms with E-state index in [2.05, 4.69) is 15.5 Å². The van der Waals surface area contributed by atoms with Crippen molar-refractivity contribution in [3.63, 3.8) is 0 Å². The lowest BCUT2D eigenvalue weighted by molar-refractivity contribution is 0.0998. The number of benzene rings is 2. The summed E-state index contributed by atoms with van der Waals surface area (Å²) in [4.78, 5) is 13.6. The lowest BCUT2D eigenvalue weighted by atomic mass is 10.1. The van der Waals surface area contributed by atoms with Crippen LogP contribution in [0.2, 0.25) is 0 Å². The molecule has 130 valence electrons. The number of aryl methyl sites for hydroxylation is 2. The summed E-state index contributed by atoms with van der Waals surface area (Å²) in [6.45, 7) is 1.89. The third kappa shape index (κ3) is 3.09. The predicted molar refractivity (Wildman–Crippen MR) is 100 cm³/mol. The Bertz CT molecular complexity index is 1080. The Morgan fingerprint density at radius 2 is 1.92 bits per heavy atom. The first-order valence-corrected chi connectivity index (χ1v) is 8.85. The van der Waals surface area contributed by atoms with Crippen LogP contribution < -0.4 is 5.32 Å². The SMILES string of the molecule is Cc1c(C(=O)Nc2ccc(Sc3nncn3C)cc2)oc2ccccc12. The third-order valence-electron chi connectivity index (χ3n) is 4.04. The Kier molecular flexibility index (Phi) is 4.22. The molecule has 2 heterocycles. The van der Waals surface area contributed by atoms with Crippen molar-refractivity contribution in [2.45, 2.75) is 17.0 Å². The molecule has 0 fully saturated rings. The van der Waals surface area contributed by atoms with Crippen LogP contribution in [0.4, 0.5) is 5.69 Å². The fourth-order valence-corrected chi connectivity index (χ4v) is 3.42. The zero-order valence-electron chi connectivity index (χ0n) is 14.3. The van der Waals surface area contributed by atoms with Gasteiger partial charge in [0.15, 0.2) is 10.9 Å². The third-order valence-corrected chi connectivity index (χ3v) is 5.10. The monoisotopic (exact) mass is 364 g/mol. The largest absolute Gasteiger partial charge is 0.451 e. The van der Waals surface area contributed by atoms with Crippen molar-refractivity contribution in [1.82, 2.24) is 14.8 Å². The standard InChI is InChI=1S/C19H16N4O2S/c1-12-15-5-3-4-6-16(15)25-17(12)18(24)21-13-7-9-14(10-8-13)26-19-22-20-11-23(19)2/h3-11H,1-2H3,(H,21,24). The number of aromatic nitrogens is 3. The van der Waals surface area contributed by atoms with E-state index in [9.17, 15) is 4.79 Å². The van der Waals surface area contributed by atoms with Crippen molar-refractivity contribution >= 4 is 34.3 Å². The van der Waals surface area contributed by atoms with E-state index in [1.807, 2.05) is 67.1 Å². The van der Waals surface area contributed by atoms with E-state index in [4.69, 9.17) is 4.42 Å². The molecule has 4 rings (SSSR count). The topological polar surface area (TPSA) is 73.0 Å². The van der Waals surface area contributed by atoms with Crippen LogP contribution in [0.15, 0.2) is 69.3 Å². The van der Waals surface area contributed by atoms with Crippen molar-refractivity contribution in [3.05, 3.63) is 66.2 Å². The van der Waals surface area contributed by atoms with Crippen LogP contribution >= 0.6 is 11.8 Å². The van der Waals surface area contributed by atoms with E-state index in [0.29, 0.717) is 17.0 Å². The zero-order chi connectivity index (χ0) is 18.1. The fraction of sp³-hybridized carbons (Fsp3) is 0.105. The van der Waals surface area contributed by atoms with E-state index >= 15 is 0 Å². The fourth-order valence-electron chi connectivity index (χ4n) is 2.66. The molecule has 0 aliphatic rings. The van der Waals surface area contributed by atoms with Gasteiger partial charge in [-0.3, -0.25) is 4.79 Å². The number of anilines is 1. The summed E-state index contributed by atoms with van der Waals surface area (Å²) in [7, 11) is 1.90. The molecule has 26 heavy (non-hydrogen) atoms.